The minimum Gasteiger partial charge on any atom is -0.310 e. The van der Waals surface area contributed by atoms with Gasteiger partial charge in [-0.05, 0) is 32.8 Å². The van der Waals surface area contributed by atoms with Crippen LogP contribution in [0.5, 0.6) is 0 Å². The summed E-state index contributed by atoms with van der Waals surface area (Å²) >= 11 is 0. The van der Waals surface area contributed by atoms with Gasteiger partial charge < -0.3 is 9.05 Å². The van der Waals surface area contributed by atoms with E-state index in [9.17, 15) is 8.77 Å². The molecule has 0 bridgehead atoms. The lowest BCUT2D eigenvalue weighted by molar-refractivity contribution is 0.105. The first kappa shape index (κ1) is 17.8. The molecule has 0 amide bonds. The highest BCUT2D eigenvalue weighted by Crippen LogP contribution is 2.71. The molecule has 2 rings (SSSR count). The highest BCUT2D eigenvalue weighted by atomic mass is 32.2. The van der Waals surface area contributed by atoms with E-state index in [0.29, 0.717) is 13.0 Å². The van der Waals surface area contributed by atoms with Crippen molar-refractivity contribution in [3.63, 3.8) is 0 Å². The third kappa shape index (κ3) is 2.61. The Morgan fingerprint density at radius 1 is 1.18 bits per heavy atom. The Hall–Kier alpha value is -0.520. The molecule has 7 heteroatoms. The van der Waals surface area contributed by atoms with Crippen molar-refractivity contribution in [3.8, 4) is 0 Å². The molecule has 1 aromatic carbocycles. The monoisotopic (exact) mass is 345 g/mol. The molecule has 0 radical (unpaired) electrons. The van der Waals surface area contributed by atoms with E-state index in [1.165, 1.54) is 14.2 Å². The molecule has 0 aliphatic carbocycles. The third-order valence-electron chi connectivity index (χ3n) is 3.97. The van der Waals surface area contributed by atoms with Gasteiger partial charge in [-0.2, -0.15) is 0 Å². The molecule has 1 heterocycles. The van der Waals surface area contributed by atoms with Crippen LogP contribution in [0.3, 0.4) is 0 Å². The summed E-state index contributed by atoms with van der Waals surface area (Å²) in [6, 6.07) is 9.42. The van der Waals surface area contributed by atoms with E-state index in [4.69, 9.17) is 9.05 Å². The molecule has 2 atom stereocenters. The Labute approximate surface area is 135 Å². The standard InChI is InChI=1S/C15H24NO4PS/c1-14(2,3)22(18)16-12-11-15(16,21(17,19-4)20-5)13-9-7-6-8-10-13/h6-10H,11-12H2,1-5H3/t15-,22?/m1/s1. The van der Waals surface area contributed by atoms with Gasteiger partial charge in [0.1, 0.15) is 11.0 Å². The number of benzene rings is 1. The normalized spacial score (nSPS) is 24.8. The molecule has 22 heavy (non-hydrogen) atoms. The van der Waals surface area contributed by atoms with Crippen molar-refractivity contribution in [2.24, 2.45) is 0 Å². The fraction of sp³-hybridized carbons (Fsp3) is 0.600. The summed E-state index contributed by atoms with van der Waals surface area (Å²) in [5.74, 6) is 0. The molecule has 5 nitrogen and oxygen atoms in total. The van der Waals surface area contributed by atoms with Gasteiger partial charge in [-0.1, -0.05) is 30.3 Å². The fourth-order valence-electron chi connectivity index (χ4n) is 2.77. The van der Waals surface area contributed by atoms with Crippen molar-refractivity contribution >= 4 is 18.6 Å². The summed E-state index contributed by atoms with van der Waals surface area (Å²) in [4.78, 5) is 0. The van der Waals surface area contributed by atoms with Crippen LogP contribution in [0.2, 0.25) is 0 Å². The van der Waals surface area contributed by atoms with Crippen molar-refractivity contribution in [1.82, 2.24) is 4.31 Å². The number of hydrogen-bond acceptors (Lipinski definition) is 4. The molecule has 0 spiro atoms. The number of rotatable bonds is 5. The van der Waals surface area contributed by atoms with Crippen molar-refractivity contribution in [3.05, 3.63) is 35.9 Å². The summed E-state index contributed by atoms with van der Waals surface area (Å²) < 4.78 is 38.1. The van der Waals surface area contributed by atoms with Crippen LogP contribution in [0, 0.1) is 0 Å². The maximum absolute atomic E-state index is 13.3. The first-order valence-electron chi connectivity index (χ1n) is 7.20. The molecule has 124 valence electrons. The third-order valence-corrected chi connectivity index (χ3v) is 8.64. The van der Waals surface area contributed by atoms with E-state index in [1.54, 1.807) is 4.31 Å². The zero-order valence-corrected chi connectivity index (χ0v) is 15.4. The molecule has 1 saturated heterocycles. The second-order valence-electron chi connectivity index (χ2n) is 6.26. The second-order valence-corrected chi connectivity index (χ2v) is 10.9. The van der Waals surface area contributed by atoms with Crippen LogP contribution in [-0.2, 0) is 29.9 Å². The molecular formula is C15H24NO4PS. The van der Waals surface area contributed by atoms with Crippen molar-refractivity contribution < 1.29 is 17.8 Å². The van der Waals surface area contributed by atoms with E-state index >= 15 is 0 Å². The molecule has 1 fully saturated rings. The SMILES string of the molecule is COP(=O)(OC)[C@@]1(c2ccccc2)CCN1S(=O)C(C)(C)C. The minimum absolute atomic E-state index is 0.452. The molecule has 1 unspecified atom stereocenters. The number of hydrogen-bond donors (Lipinski definition) is 0. The van der Waals surface area contributed by atoms with E-state index in [1.807, 2.05) is 51.1 Å². The van der Waals surface area contributed by atoms with Gasteiger partial charge in [0.05, 0.1) is 4.75 Å². The smallest absolute Gasteiger partial charge is 0.310 e. The maximum atomic E-state index is 13.3. The lowest BCUT2D eigenvalue weighted by Crippen LogP contribution is -2.60. The van der Waals surface area contributed by atoms with Crippen molar-refractivity contribution in [1.29, 1.82) is 0 Å². The van der Waals surface area contributed by atoms with E-state index in [2.05, 4.69) is 0 Å². The van der Waals surface area contributed by atoms with E-state index in [0.717, 1.165) is 5.56 Å². The average Bonchev–Trinajstić information content (AvgIpc) is 2.46. The Kier molecular flexibility index (Phi) is 5.00. The van der Waals surface area contributed by atoms with Gasteiger partial charge in [0.2, 0.25) is 0 Å². The van der Waals surface area contributed by atoms with Crippen molar-refractivity contribution in [2.45, 2.75) is 37.2 Å². The molecule has 0 saturated carbocycles. The zero-order chi connectivity index (χ0) is 16.6. The first-order chi connectivity index (χ1) is 10.2. The summed E-state index contributed by atoms with van der Waals surface area (Å²) in [5, 5.41) is -0.990. The first-order valence-corrected chi connectivity index (χ1v) is 9.84. The quantitative estimate of drug-likeness (QED) is 0.767. The van der Waals surface area contributed by atoms with Crippen LogP contribution in [0.4, 0.5) is 0 Å². The lowest BCUT2D eigenvalue weighted by Gasteiger charge is -2.54. The molecule has 1 aliphatic rings. The molecule has 0 N–H and O–H groups in total. The zero-order valence-electron chi connectivity index (χ0n) is 13.7. The van der Waals surface area contributed by atoms with Gasteiger partial charge in [0.25, 0.3) is 0 Å². The van der Waals surface area contributed by atoms with E-state index in [-0.39, 0.29) is 0 Å². The van der Waals surface area contributed by atoms with Gasteiger partial charge in [0, 0.05) is 20.8 Å². The van der Waals surface area contributed by atoms with Crippen LogP contribution >= 0.6 is 7.60 Å². The average molecular weight is 345 g/mol. The highest BCUT2D eigenvalue weighted by Gasteiger charge is 2.63. The maximum Gasteiger partial charge on any atom is 0.355 e. The largest absolute Gasteiger partial charge is 0.355 e. The van der Waals surface area contributed by atoms with Gasteiger partial charge in [0.15, 0.2) is 5.28 Å². The summed E-state index contributed by atoms with van der Waals surface area (Å²) in [7, 11) is -2.04. The Balaban J connectivity index is 2.59. The summed E-state index contributed by atoms with van der Waals surface area (Å²) in [6.07, 6.45) is 0.581. The van der Waals surface area contributed by atoms with Crippen LogP contribution in [0.25, 0.3) is 0 Å². The number of nitrogens with zero attached hydrogens (tertiary/aromatic N) is 1. The summed E-state index contributed by atoms with van der Waals surface area (Å²) in [5.41, 5.74) is 0.811. The Morgan fingerprint density at radius 2 is 1.73 bits per heavy atom. The predicted molar refractivity (Wildman–Crippen MR) is 89.0 cm³/mol. The van der Waals surface area contributed by atoms with Crippen LogP contribution in [0.15, 0.2) is 30.3 Å². The van der Waals surface area contributed by atoms with Crippen LogP contribution < -0.4 is 0 Å². The molecular weight excluding hydrogens is 321 g/mol. The van der Waals surface area contributed by atoms with Gasteiger partial charge in [-0.25, -0.2) is 8.51 Å². The van der Waals surface area contributed by atoms with Crippen molar-refractivity contribution in [2.75, 3.05) is 20.8 Å². The van der Waals surface area contributed by atoms with Gasteiger partial charge in [-0.3, -0.25) is 4.57 Å². The van der Waals surface area contributed by atoms with E-state index < -0.39 is 28.6 Å². The van der Waals surface area contributed by atoms with Gasteiger partial charge >= 0.3 is 7.60 Å². The Bertz CT molecular complexity index is 593. The molecule has 1 aromatic rings. The second kappa shape index (κ2) is 6.17. The molecule has 1 aliphatic heterocycles. The molecule has 0 aromatic heterocycles. The van der Waals surface area contributed by atoms with Crippen LogP contribution in [-0.4, -0.2) is 34.0 Å². The van der Waals surface area contributed by atoms with Gasteiger partial charge in [-0.15, -0.1) is 0 Å². The fourth-order valence-corrected chi connectivity index (χ4v) is 6.64. The summed E-state index contributed by atoms with van der Waals surface area (Å²) in [6.45, 7) is 6.31. The minimum atomic E-state index is -3.48. The predicted octanol–water partition coefficient (Wildman–Crippen LogP) is 3.49. The Morgan fingerprint density at radius 3 is 2.09 bits per heavy atom. The van der Waals surface area contributed by atoms with Crippen LogP contribution in [0.1, 0.15) is 32.8 Å². The highest BCUT2D eigenvalue weighted by molar-refractivity contribution is 7.84. The lowest BCUT2D eigenvalue weighted by atomic mass is 9.97. The topological polar surface area (TPSA) is 55.8 Å².